The van der Waals surface area contributed by atoms with Crippen LogP contribution in [0, 0.1) is 0 Å². The molecule has 7 nitrogen and oxygen atoms in total. The van der Waals surface area contributed by atoms with Crippen LogP contribution in [0.4, 0.5) is 5.69 Å². The maximum atomic E-state index is 12.3. The number of rotatable bonds is 8. The molecule has 0 bridgehead atoms. The van der Waals surface area contributed by atoms with Gasteiger partial charge in [0.1, 0.15) is 0 Å². The zero-order valence-corrected chi connectivity index (χ0v) is 19.2. The fourth-order valence-corrected chi connectivity index (χ4v) is 4.05. The summed E-state index contributed by atoms with van der Waals surface area (Å²) < 4.78 is 10.8. The average Bonchev–Trinajstić information content (AvgIpc) is 2.88. The highest BCUT2D eigenvalue weighted by molar-refractivity contribution is 5.93. The van der Waals surface area contributed by atoms with Crippen LogP contribution >= 0.6 is 0 Å². The third-order valence-corrected chi connectivity index (χ3v) is 5.90. The molecule has 0 atom stereocenters. The van der Waals surface area contributed by atoms with E-state index in [9.17, 15) is 4.79 Å². The first-order valence-corrected chi connectivity index (χ1v) is 11.1. The zero-order valence-electron chi connectivity index (χ0n) is 19.2. The largest absolute Gasteiger partial charge is 0.493 e. The van der Waals surface area contributed by atoms with E-state index in [1.807, 2.05) is 12.1 Å². The van der Waals surface area contributed by atoms with Gasteiger partial charge in [0.25, 0.3) is 5.91 Å². The molecule has 2 aromatic carbocycles. The van der Waals surface area contributed by atoms with E-state index in [-0.39, 0.29) is 5.91 Å². The summed E-state index contributed by atoms with van der Waals surface area (Å²) in [6.45, 7) is 5.26. The monoisotopic (exact) mass is 446 g/mol. The zero-order chi connectivity index (χ0) is 23.0. The van der Waals surface area contributed by atoms with E-state index >= 15 is 0 Å². The Morgan fingerprint density at radius 1 is 0.909 bits per heavy atom. The lowest BCUT2D eigenvalue weighted by Crippen LogP contribution is -2.46. The number of carbonyl (C=O) groups is 1. The molecule has 0 radical (unpaired) electrons. The second kappa shape index (κ2) is 10.8. The van der Waals surface area contributed by atoms with Crippen molar-refractivity contribution in [3.63, 3.8) is 0 Å². The van der Waals surface area contributed by atoms with Crippen LogP contribution in [0.5, 0.6) is 11.5 Å². The maximum Gasteiger partial charge on any atom is 0.251 e. The van der Waals surface area contributed by atoms with Crippen molar-refractivity contribution >= 4 is 11.6 Å². The number of methoxy groups -OCH3 is 2. The SMILES string of the molecule is COc1ccc(CN2CCN(c3cccc(CNC(=O)c4ccncc4)c3)CC2)cc1OC. The standard InChI is InChI=1S/C26H30N4O3/c1-32-24-7-6-21(17-25(24)33-2)19-29-12-14-30(15-13-29)23-5-3-4-20(16-23)18-28-26(31)22-8-10-27-11-9-22/h3-11,16-17H,12-15,18-19H2,1-2H3,(H,28,31). The Hall–Kier alpha value is -3.58. The number of hydrogen-bond donors (Lipinski definition) is 1. The second-order valence-corrected chi connectivity index (χ2v) is 8.04. The Bertz CT molecular complexity index is 1070. The second-order valence-electron chi connectivity index (χ2n) is 8.04. The summed E-state index contributed by atoms with van der Waals surface area (Å²) in [5, 5.41) is 2.98. The van der Waals surface area contributed by atoms with E-state index in [0.717, 1.165) is 49.8 Å². The van der Waals surface area contributed by atoms with Gasteiger partial charge in [-0.25, -0.2) is 0 Å². The molecule has 0 saturated carbocycles. The summed E-state index contributed by atoms with van der Waals surface area (Å²) in [5.74, 6) is 1.43. The number of nitrogens with one attached hydrogen (secondary N) is 1. The van der Waals surface area contributed by atoms with E-state index < -0.39 is 0 Å². The van der Waals surface area contributed by atoms with Crippen LogP contribution in [0.15, 0.2) is 67.0 Å². The highest BCUT2D eigenvalue weighted by Crippen LogP contribution is 2.28. The number of amides is 1. The maximum absolute atomic E-state index is 12.3. The molecule has 33 heavy (non-hydrogen) atoms. The number of piperazine rings is 1. The third kappa shape index (κ3) is 5.81. The summed E-state index contributed by atoms with van der Waals surface area (Å²) in [4.78, 5) is 21.1. The molecule has 1 saturated heterocycles. The first kappa shape index (κ1) is 22.6. The number of benzene rings is 2. The van der Waals surface area contributed by atoms with Gasteiger partial charge in [-0.1, -0.05) is 18.2 Å². The number of nitrogens with zero attached hydrogens (tertiary/aromatic N) is 3. The van der Waals surface area contributed by atoms with Gasteiger partial charge in [-0.15, -0.1) is 0 Å². The molecule has 1 aromatic heterocycles. The van der Waals surface area contributed by atoms with E-state index in [2.05, 4.69) is 50.4 Å². The van der Waals surface area contributed by atoms with Crippen LogP contribution in [0.25, 0.3) is 0 Å². The van der Waals surface area contributed by atoms with Crippen molar-refractivity contribution in [2.24, 2.45) is 0 Å². The number of pyridine rings is 1. The minimum Gasteiger partial charge on any atom is -0.493 e. The Morgan fingerprint density at radius 3 is 2.39 bits per heavy atom. The molecule has 1 fully saturated rings. The fourth-order valence-electron chi connectivity index (χ4n) is 4.05. The van der Waals surface area contributed by atoms with E-state index in [0.29, 0.717) is 12.1 Å². The molecule has 0 aliphatic carbocycles. The van der Waals surface area contributed by atoms with Gasteiger partial charge in [-0.2, -0.15) is 0 Å². The quantitative estimate of drug-likeness (QED) is 0.573. The lowest BCUT2D eigenvalue weighted by Gasteiger charge is -2.36. The molecular formula is C26H30N4O3. The van der Waals surface area contributed by atoms with Crippen molar-refractivity contribution in [2.75, 3.05) is 45.3 Å². The first-order valence-electron chi connectivity index (χ1n) is 11.1. The normalized spacial score (nSPS) is 14.1. The van der Waals surface area contributed by atoms with Gasteiger partial charge in [0.15, 0.2) is 11.5 Å². The number of ether oxygens (including phenoxy) is 2. The number of aromatic nitrogens is 1. The minimum atomic E-state index is -0.0911. The van der Waals surface area contributed by atoms with Gasteiger partial charge in [0.2, 0.25) is 0 Å². The summed E-state index contributed by atoms with van der Waals surface area (Å²) in [6.07, 6.45) is 3.25. The first-order chi connectivity index (χ1) is 16.2. The van der Waals surface area contributed by atoms with Crippen LogP contribution in [-0.4, -0.2) is 56.2 Å². The number of hydrogen-bond acceptors (Lipinski definition) is 6. The molecule has 3 aromatic rings. The lowest BCUT2D eigenvalue weighted by atomic mass is 10.1. The summed E-state index contributed by atoms with van der Waals surface area (Å²) in [7, 11) is 3.32. The van der Waals surface area contributed by atoms with Gasteiger partial charge in [-0.05, 0) is 47.5 Å². The Balaban J connectivity index is 1.30. The third-order valence-electron chi connectivity index (χ3n) is 5.90. The van der Waals surface area contributed by atoms with Crippen molar-refractivity contribution in [3.8, 4) is 11.5 Å². The Labute approximate surface area is 195 Å². The minimum absolute atomic E-state index is 0.0911. The molecule has 0 spiro atoms. The van der Waals surface area contributed by atoms with E-state index in [1.54, 1.807) is 38.7 Å². The van der Waals surface area contributed by atoms with Gasteiger partial charge in [0, 0.05) is 62.9 Å². The molecule has 1 aliphatic heterocycles. The predicted octanol–water partition coefficient (Wildman–Crippen LogP) is 3.35. The van der Waals surface area contributed by atoms with Gasteiger partial charge < -0.3 is 19.7 Å². The van der Waals surface area contributed by atoms with Crippen LogP contribution in [0.3, 0.4) is 0 Å². The van der Waals surface area contributed by atoms with Crippen molar-refractivity contribution in [1.82, 2.24) is 15.2 Å². The molecular weight excluding hydrogens is 416 g/mol. The van der Waals surface area contributed by atoms with Crippen LogP contribution in [0.2, 0.25) is 0 Å². The van der Waals surface area contributed by atoms with E-state index in [4.69, 9.17) is 9.47 Å². The van der Waals surface area contributed by atoms with Crippen molar-refractivity contribution in [1.29, 1.82) is 0 Å². The number of anilines is 1. The van der Waals surface area contributed by atoms with Gasteiger partial charge in [0.05, 0.1) is 14.2 Å². The molecule has 7 heteroatoms. The van der Waals surface area contributed by atoms with Gasteiger partial charge >= 0.3 is 0 Å². The average molecular weight is 447 g/mol. The molecule has 1 amide bonds. The lowest BCUT2D eigenvalue weighted by molar-refractivity contribution is 0.0951. The van der Waals surface area contributed by atoms with Crippen LogP contribution < -0.4 is 19.7 Å². The highest BCUT2D eigenvalue weighted by atomic mass is 16.5. The molecule has 172 valence electrons. The topological polar surface area (TPSA) is 66.9 Å². The summed E-state index contributed by atoms with van der Waals surface area (Å²) in [5.41, 5.74) is 4.11. The van der Waals surface area contributed by atoms with Crippen molar-refractivity contribution in [2.45, 2.75) is 13.1 Å². The highest BCUT2D eigenvalue weighted by Gasteiger charge is 2.18. The van der Waals surface area contributed by atoms with Gasteiger partial charge in [-0.3, -0.25) is 14.7 Å². The molecule has 1 N–H and O–H groups in total. The fraction of sp³-hybridized carbons (Fsp3) is 0.308. The smallest absolute Gasteiger partial charge is 0.251 e. The predicted molar refractivity (Wildman–Crippen MR) is 129 cm³/mol. The molecule has 0 unspecified atom stereocenters. The molecule has 4 rings (SSSR count). The van der Waals surface area contributed by atoms with Crippen molar-refractivity contribution in [3.05, 3.63) is 83.7 Å². The molecule has 2 heterocycles. The Kier molecular flexibility index (Phi) is 7.42. The Morgan fingerprint density at radius 2 is 1.67 bits per heavy atom. The van der Waals surface area contributed by atoms with Crippen LogP contribution in [0.1, 0.15) is 21.5 Å². The number of carbonyl (C=O) groups excluding carboxylic acids is 1. The molecule has 1 aliphatic rings. The van der Waals surface area contributed by atoms with Crippen molar-refractivity contribution < 1.29 is 14.3 Å². The van der Waals surface area contributed by atoms with Crippen LogP contribution in [-0.2, 0) is 13.1 Å². The van der Waals surface area contributed by atoms with E-state index in [1.165, 1.54) is 11.3 Å². The summed E-state index contributed by atoms with van der Waals surface area (Å²) >= 11 is 0. The summed E-state index contributed by atoms with van der Waals surface area (Å²) in [6, 6.07) is 17.9.